The molecule has 0 aliphatic carbocycles. The van der Waals surface area contributed by atoms with E-state index in [0.717, 1.165) is 12.0 Å². The second-order valence-corrected chi connectivity index (χ2v) is 4.63. The van der Waals surface area contributed by atoms with Gasteiger partial charge in [-0.3, -0.25) is 14.4 Å². The van der Waals surface area contributed by atoms with Gasteiger partial charge in [-0.05, 0) is 12.0 Å². The van der Waals surface area contributed by atoms with Crippen LogP contribution in [0.3, 0.4) is 0 Å². The van der Waals surface area contributed by atoms with Crippen molar-refractivity contribution in [3.63, 3.8) is 0 Å². The van der Waals surface area contributed by atoms with Crippen LogP contribution in [0.1, 0.15) is 18.9 Å². The van der Waals surface area contributed by atoms with E-state index in [1.165, 1.54) is 12.0 Å². The predicted octanol–water partition coefficient (Wildman–Crippen LogP) is 0.402. The van der Waals surface area contributed by atoms with Crippen LogP contribution in [0.15, 0.2) is 30.3 Å². The molecule has 0 spiro atoms. The standard InChI is InChI=1S/C14H19N3O3/c1-11(18)16-13(17-8-5-9-20-17)14(19)15-10-12-6-3-2-4-7-12/h2-4,6-7,13H,5,8-10H2,1H3,(H,15,19)(H,16,18)/t13-/m0/s1. The first-order chi connectivity index (χ1) is 9.66. The molecule has 1 atom stereocenters. The third kappa shape index (κ3) is 4.04. The van der Waals surface area contributed by atoms with Crippen LogP contribution in [-0.4, -0.2) is 36.2 Å². The van der Waals surface area contributed by atoms with E-state index in [-0.39, 0.29) is 11.8 Å². The van der Waals surface area contributed by atoms with Gasteiger partial charge in [0, 0.05) is 20.0 Å². The van der Waals surface area contributed by atoms with Gasteiger partial charge in [-0.1, -0.05) is 30.3 Å². The first-order valence-corrected chi connectivity index (χ1v) is 6.65. The Morgan fingerprint density at radius 1 is 1.35 bits per heavy atom. The van der Waals surface area contributed by atoms with Gasteiger partial charge in [0.2, 0.25) is 5.91 Å². The predicted molar refractivity (Wildman–Crippen MR) is 73.2 cm³/mol. The van der Waals surface area contributed by atoms with Crippen molar-refractivity contribution in [2.24, 2.45) is 0 Å². The summed E-state index contributed by atoms with van der Waals surface area (Å²) in [6, 6.07) is 9.61. The molecule has 1 aliphatic heterocycles. The monoisotopic (exact) mass is 277 g/mol. The number of carbonyl (C=O) groups excluding carboxylic acids is 2. The SMILES string of the molecule is CC(=O)N[C@H](C(=O)NCc1ccccc1)N1CCCO1. The third-order valence-electron chi connectivity index (χ3n) is 2.97. The fourth-order valence-corrected chi connectivity index (χ4v) is 2.01. The fourth-order valence-electron chi connectivity index (χ4n) is 2.01. The molecule has 108 valence electrons. The summed E-state index contributed by atoms with van der Waals surface area (Å²) < 4.78 is 0. The summed E-state index contributed by atoms with van der Waals surface area (Å²) in [6.07, 6.45) is 0.0703. The van der Waals surface area contributed by atoms with Crippen molar-refractivity contribution in [2.75, 3.05) is 13.2 Å². The lowest BCUT2D eigenvalue weighted by atomic mass is 10.2. The van der Waals surface area contributed by atoms with E-state index in [4.69, 9.17) is 4.84 Å². The van der Waals surface area contributed by atoms with Crippen molar-refractivity contribution in [3.05, 3.63) is 35.9 Å². The molecule has 1 saturated heterocycles. The molecular formula is C14H19N3O3. The van der Waals surface area contributed by atoms with E-state index in [1.807, 2.05) is 30.3 Å². The highest BCUT2D eigenvalue weighted by Crippen LogP contribution is 2.08. The lowest BCUT2D eigenvalue weighted by Gasteiger charge is -2.25. The average molecular weight is 277 g/mol. The Kier molecular flexibility index (Phi) is 5.09. The molecule has 2 N–H and O–H groups in total. The summed E-state index contributed by atoms with van der Waals surface area (Å²) in [7, 11) is 0. The molecule has 2 amide bonds. The largest absolute Gasteiger partial charge is 0.349 e. The minimum atomic E-state index is -0.779. The first-order valence-electron chi connectivity index (χ1n) is 6.65. The Balaban J connectivity index is 1.93. The van der Waals surface area contributed by atoms with Gasteiger partial charge in [0.05, 0.1) is 6.61 Å². The van der Waals surface area contributed by atoms with Crippen LogP contribution in [-0.2, 0) is 21.0 Å². The number of benzene rings is 1. The summed E-state index contributed by atoms with van der Waals surface area (Å²) in [5, 5.41) is 6.93. The van der Waals surface area contributed by atoms with Crippen molar-refractivity contribution >= 4 is 11.8 Å². The van der Waals surface area contributed by atoms with E-state index < -0.39 is 6.17 Å². The molecule has 1 fully saturated rings. The van der Waals surface area contributed by atoms with E-state index in [9.17, 15) is 9.59 Å². The Labute approximate surface area is 118 Å². The molecule has 0 saturated carbocycles. The van der Waals surface area contributed by atoms with Gasteiger partial charge in [0.15, 0.2) is 6.17 Å². The number of hydrogen-bond donors (Lipinski definition) is 2. The molecule has 0 radical (unpaired) electrons. The highest BCUT2D eigenvalue weighted by molar-refractivity contribution is 5.86. The third-order valence-corrected chi connectivity index (χ3v) is 2.97. The van der Waals surface area contributed by atoms with Crippen molar-refractivity contribution in [3.8, 4) is 0 Å². The zero-order valence-corrected chi connectivity index (χ0v) is 11.5. The van der Waals surface area contributed by atoms with Crippen molar-refractivity contribution in [1.29, 1.82) is 0 Å². The summed E-state index contributed by atoms with van der Waals surface area (Å²) >= 11 is 0. The lowest BCUT2D eigenvalue weighted by Crippen LogP contribution is -2.55. The molecule has 1 aromatic carbocycles. The molecule has 1 aromatic rings. The minimum absolute atomic E-state index is 0.264. The Morgan fingerprint density at radius 3 is 2.70 bits per heavy atom. The van der Waals surface area contributed by atoms with Crippen LogP contribution >= 0.6 is 0 Å². The number of hydrogen-bond acceptors (Lipinski definition) is 4. The molecular weight excluding hydrogens is 258 g/mol. The number of nitrogens with one attached hydrogen (secondary N) is 2. The Hall–Kier alpha value is -1.92. The van der Waals surface area contributed by atoms with Gasteiger partial charge in [-0.2, -0.15) is 5.06 Å². The zero-order valence-electron chi connectivity index (χ0n) is 11.5. The molecule has 6 heteroatoms. The van der Waals surface area contributed by atoms with E-state index in [0.29, 0.717) is 19.7 Å². The van der Waals surface area contributed by atoms with Crippen LogP contribution in [0.2, 0.25) is 0 Å². The summed E-state index contributed by atoms with van der Waals surface area (Å²) in [5.41, 5.74) is 1.00. The number of amides is 2. The molecule has 0 bridgehead atoms. The van der Waals surface area contributed by atoms with Crippen LogP contribution < -0.4 is 10.6 Å². The molecule has 1 heterocycles. The minimum Gasteiger partial charge on any atom is -0.349 e. The van der Waals surface area contributed by atoms with E-state index in [2.05, 4.69) is 10.6 Å². The van der Waals surface area contributed by atoms with Crippen LogP contribution in [0.25, 0.3) is 0 Å². The van der Waals surface area contributed by atoms with E-state index >= 15 is 0 Å². The van der Waals surface area contributed by atoms with Gasteiger partial charge in [0.1, 0.15) is 0 Å². The first kappa shape index (κ1) is 14.5. The van der Waals surface area contributed by atoms with Crippen molar-refractivity contribution in [1.82, 2.24) is 15.7 Å². The Morgan fingerprint density at radius 2 is 2.10 bits per heavy atom. The maximum absolute atomic E-state index is 12.2. The number of nitrogens with zero attached hydrogens (tertiary/aromatic N) is 1. The number of hydroxylamine groups is 2. The number of rotatable bonds is 5. The topological polar surface area (TPSA) is 70.7 Å². The highest BCUT2D eigenvalue weighted by Gasteiger charge is 2.29. The fraction of sp³-hybridized carbons (Fsp3) is 0.429. The van der Waals surface area contributed by atoms with Gasteiger partial charge in [-0.25, -0.2) is 0 Å². The summed E-state index contributed by atoms with van der Waals surface area (Å²) in [5.74, 6) is -0.536. The lowest BCUT2D eigenvalue weighted by molar-refractivity contribution is -0.169. The van der Waals surface area contributed by atoms with Crippen LogP contribution in [0.4, 0.5) is 0 Å². The van der Waals surface area contributed by atoms with Gasteiger partial charge < -0.3 is 10.6 Å². The van der Waals surface area contributed by atoms with Crippen molar-refractivity contribution in [2.45, 2.75) is 26.1 Å². The smallest absolute Gasteiger partial charge is 0.260 e. The van der Waals surface area contributed by atoms with Gasteiger partial charge in [0.25, 0.3) is 5.91 Å². The summed E-state index contributed by atoms with van der Waals surface area (Å²) in [6.45, 7) is 3.00. The molecule has 2 rings (SSSR count). The highest BCUT2D eigenvalue weighted by atomic mass is 16.7. The molecule has 20 heavy (non-hydrogen) atoms. The van der Waals surface area contributed by atoms with Crippen molar-refractivity contribution < 1.29 is 14.4 Å². The molecule has 6 nitrogen and oxygen atoms in total. The molecule has 0 aromatic heterocycles. The van der Waals surface area contributed by atoms with Gasteiger partial charge >= 0.3 is 0 Å². The average Bonchev–Trinajstić information content (AvgIpc) is 2.97. The van der Waals surface area contributed by atoms with Crippen LogP contribution in [0.5, 0.6) is 0 Å². The van der Waals surface area contributed by atoms with Gasteiger partial charge in [-0.15, -0.1) is 0 Å². The normalized spacial score (nSPS) is 16.6. The second kappa shape index (κ2) is 7.02. The van der Waals surface area contributed by atoms with E-state index in [1.54, 1.807) is 0 Å². The zero-order chi connectivity index (χ0) is 14.4. The second-order valence-electron chi connectivity index (χ2n) is 4.63. The van der Waals surface area contributed by atoms with Crippen LogP contribution in [0, 0.1) is 0 Å². The number of carbonyl (C=O) groups is 2. The molecule has 0 unspecified atom stereocenters. The molecule has 1 aliphatic rings. The maximum atomic E-state index is 12.2. The summed E-state index contributed by atoms with van der Waals surface area (Å²) in [4.78, 5) is 28.8. The Bertz CT molecular complexity index is 458. The maximum Gasteiger partial charge on any atom is 0.260 e. The quantitative estimate of drug-likeness (QED) is 0.817.